The van der Waals surface area contributed by atoms with Crippen molar-refractivity contribution in [3.05, 3.63) is 52.0 Å². The van der Waals surface area contributed by atoms with Crippen LogP contribution < -0.4 is 31.9 Å². The molecule has 2 heterocycles. The van der Waals surface area contributed by atoms with E-state index in [1.807, 2.05) is 27.7 Å². The highest BCUT2D eigenvalue weighted by Gasteiger charge is 2.39. The largest absolute Gasteiger partial charge is 0.506 e. The Morgan fingerprint density at radius 2 is 1.46 bits per heavy atom. The first kappa shape index (κ1) is 71.9. The number of anilines is 1. The third-order valence-electron chi connectivity index (χ3n) is 15.0. The SMILES string of the molecule is CC[C@H](C)[C@H](NC(=O)C(C)(C)N(C)C)C(=O)N(C)[C@H](C[C@@H](OC(C)=O)c1nc(C(=O)N[C@@H](Cc2ccc(O)c(NC(=O)CCCNC(=O)C(CCCCNC(=O)CN(C)C)NC(=O)CCCN3C(=O)C=CC3=O)c2)CC(C)C(=O)O)cs1)C(C)C. The predicted molar refractivity (Wildman–Crippen MR) is 320 cm³/mol. The number of carboxylic acids is 1. The number of hydrogen-bond donors (Lipinski definition) is 8. The fourth-order valence-electron chi connectivity index (χ4n) is 9.12. The van der Waals surface area contributed by atoms with E-state index >= 15 is 0 Å². The highest BCUT2D eigenvalue weighted by molar-refractivity contribution is 7.09. The molecule has 8 N–H and O–H groups in total. The van der Waals surface area contributed by atoms with Crippen LogP contribution in [0.25, 0.3) is 0 Å². The average Bonchev–Trinajstić information content (AvgIpc) is 3.90. The molecule has 0 bridgehead atoms. The second-order valence-electron chi connectivity index (χ2n) is 23.1. The van der Waals surface area contributed by atoms with Crippen LogP contribution in [-0.4, -0.2) is 191 Å². The number of thiazole rings is 1. The number of nitrogens with zero attached hydrogens (tertiary/aromatic N) is 5. The number of amides is 9. The molecule has 0 spiro atoms. The molecule has 0 saturated carbocycles. The minimum atomic E-state index is -1.10. The second-order valence-corrected chi connectivity index (χ2v) is 24.0. The number of benzene rings is 1. The van der Waals surface area contributed by atoms with Crippen molar-refractivity contribution < 1.29 is 67.7 Å². The molecule has 1 aromatic carbocycles. The van der Waals surface area contributed by atoms with Crippen molar-refractivity contribution >= 4 is 82.1 Å². The first-order valence-electron chi connectivity index (χ1n) is 28.9. The molecule has 26 heteroatoms. The van der Waals surface area contributed by atoms with Crippen LogP contribution in [0.5, 0.6) is 5.75 Å². The maximum atomic E-state index is 14.3. The predicted octanol–water partition coefficient (Wildman–Crippen LogP) is 3.52. The Hall–Kier alpha value is -7.32. The molecule has 0 radical (unpaired) electrons. The summed E-state index contributed by atoms with van der Waals surface area (Å²) in [6.45, 7) is 14.6. The quantitative estimate of drug-likeness (QED) is 0.0208. The molecule has 472 valence electrons. The van der Waals surface area contributed by atoms with Gasteiger partial charge >= 0.3 is 11.9 Å². The highest BCUT2D eigenvalue weighted by atomic mass is 32.1. The number of aliphatic carboxylic acids is 1. The summed E-state index contributed by atoms with van der Waals surface area (Å²) in [5.74, 6) is -7.13. The van der Waals surface area contributed by atoms with E-state index in [1.165, 1.54) is 31.4 Å². The Morgan fingerprint density at radius 1 is 0.812 bits per heavy atom. The molecular weight excluding hydrogens is 1120 g/mol. The Labute approximate surface area is 503 Å². The summed E-state index contributed by atoms with van der Waals surface area (Å²) in [5, 5.41) is 39.3. The van der Waals surface area contributed by atoms with Gasteiger partial charge < -0.3 is 56.7 Å². The van der Waals surface area contributed by atoms with Crippen LogP contribution >= 0.6 is 11.3 Å². The number of carbonyl (C=O) groups excluding carboxylic acids is 10. The van der Waals surface area contributed by atoms with E-state index in [1.54, 1.807) is 69.9 Å². The van der Waals surface area contributed by atoms with Crippen molar-refractivity contribution in [3.63, 3.8) is 0 Å². The van der Waals surface area contributed by atoms with Gasteiger partial charge in [0.05, 0.1) is 23.7 Å². The number of carboxylic acid groups (broad SMARTS) is 1. The van der Waals surface area contributed by atoms with Crippen molar-refractivity contribution in [2.24, 2.45) is 17.8 Å². The molecule has 0 fully saturated rings. The molecule has 7 atom stereocenters. The van der Waals surface area contributed by atoms with Gasteiger partial charge in [0.15, 0.2) is 6.10 Å². The topological polar surface area (TPSA) is 335 Å². The maximum Gasteiger partial charge on any atom is 0.306 e. The maximum absolute atomic E-state index is 14.3. The van der Waals surface area contributed by atoms with Gasteiger partial charge in [-0.3, -0.25) is 62.5 Å². The molecule has 3 rings (SSSR count). The van der Waals surface area contributed by atoms with Crippen LogP contribution in [-0.2, 0) is 59.1 Å². The molecule has 0 saturated heterocycles. The minimum Gasteiger partial charge on any atom is -0.506 e. The summed E-state index contributed by atoms with van der Waals surface area (Å²) in [6.07, 6.45) is 3.48. The van der Waals surface area contributed by atoms with E-state index in [0.29, 0.717) is 31.4 Å². The van der Waals surface area contributed by atoms with Crippen LogP contribution in [0.3, 0.4) is 0 Å². The van der Waals surface area contributed by atoms with E-state index in [2.05, 4.69) is 36.9 Å². The van der Waals surface area contributed by atoms with Gasteiger partial charge in [-0.05, 0) is 117 Å². The van der Waals surface area contributed by atoms with Gasteiger partial charge in [0.25, 0.3) is 17.7 Å². The number of ether oxygens (including phenoxy) is 1. The zero-order valence-electron chi connectivity index (χ0n) is 51.6. The summed E-state index contributed by atoms with van der Waals surface area (Å²) in [4.78, 5) is 153. The number of hydrogen-bond acceptors (Lipinski definition) is 17. The Balaban J connectivity index is 1.71. The van der Waals surface area contributed by atoms with Crippen LogP contribution in [0.15, 0.2) is 35.7 Å². The summed E-state index contributed by atoms with van der Waals surface area (Å²) in [5.41, 5.74) is -0.382. The van der Waals surface area contributed by atoms with Gasteiger partial charge in [0.1, 0.15) is 28.5 Å². The van der Waals surface area contributed by atoms with E-state index in [4.69, 9.17) is 4.74 Å². The summed E-state index contributed by atoms with van der Waals surface area (Å²) in [6, 6.07) is 1.28. The number of carbonyl (C=O) groups is 11. The van der Waals surface area contributed by atoms with E-state index in [0.717, 1.165) is 28.4 Å². The van der Waals surface area contributed by atoms with E-state index < -0.39 is 89.1 Å². The fourth-order valence-corrected chi connectivity index (χ4v) is 9.96. The number of nitrogens with one attached hydrogen (secondary N) is 6. The summed E-state index contributed by atoms with van der Waals surface area (Å²) < 4.78 is 5.80. The van der Waals surface area contributed by atoms with Gasteiger partial charge in [0.2, 0.25) is 35.4 Å². The minimum absolute atomic E-state index is 0.0234. The molecule has 2 aromatic rings. The molecule has 1 aliphatic rings. The molecule has 9 amide bonds. The van der Waals surface area contributed by atoms with Gasteiger partial charge in [-0.1, -0.05) is 47.1 Å². The number of esters is 1. The van der Waals surface area contributed by atoms with E-state index in [9.17, 15) is 63.0 Å². The Morgan fingerprint density at radius 3 is 2.06 bits per heavy atom. The smallest absolute Gasteiger partial charge is 0.306 e. The van der Waals surface area contributed by atoms with E-state index in [-0.39, 0.29) is 123 Å². The lowest BCUT2D eigenvalue weighted by atomic mass is 9.92. The Kier molecular flexibility index (Phi) is 29.3. The molecule has 0 aliphatic carbocycles. The van der Waals surface area contributed by atoms with Gasteiger partial charge in [0, 0.05) is 82.5 Å². The number of phenols is 1. The molecule has 85 heavy (non-hydrogen) atoms. The molecule has 2 unspecified atom stereocenters. The molecular formula is C59H91N11O14S. The first-order valence-corrected chi connectivity index (χ1v) is 29.8. The second kappa shape index (κ2) is 34.6. The standard InChI is InChI=1S/C59H91N11O14S/c1-14-36(4)52(66-58(83)59(7,8)68(11)12)56(80)69(13)44(35(2)3)32-46(84-38(6)71)55-65-43(34-85-55)54(79)62-40(29-37(5)57(81)82)30-39-22-23-45(72)42(31-39)64-47(73)20-17-27-61-53(78)41(19-15-16-26-60-49(75)33-67(9)10)63-48(74)21-18-28-70-50(76)24-25-51(70)77/h22-25,31,34-37,40-41,44,46,52,72H,14-21,26-30,32-33H2,1-13H3,(H,60,75)(H,61,78)(H,62,79)(H,63,74)(H,64,73)(H,66,83)(H,81,82)/t36-,37?,40+,41?,44+,46+,52-/m0/s1. The molecule has 1 aliphatic heterocycles. The molecule has 25 nitrogen and oxygen atoms in total. The van der Waals surface area contributed by atoms with Crippen molar-refractivity contribution in [1.82, 2.24) is 51.2 Å². The number of rotatable bonds is 37. The van der Waals surface area contributed by atoms with Crippen molar-refractivity contribution in [3.8, 4) is 5.75 Å². The van der Waals surface area contributed by atoms with Crippen molar-refractivity contribution in [1.29, 1.82) is 0 Å². The number of likely N-dealkylation sites (N-methyl/N-ethyl adjacent to an activating group) is 3. The normalized spacial score (nSPS) is 14.9. The number of aromatic nitrogens is 1. The van der Waals surface area contributed by atoms with Crippen LogP contribution in [0.1, 0.15) is 147 Å². The van der Waals surface area contributed by atoms with Crippen LogP contribution in [0.4, 0.5) is 5.69 Å². The lowest BCUT2D eigenvalue weighted by Gasteiger charge is -2.38. The average molecular weight is 1210 g/mol. The summed E-state index contributed by atoms with van der Waals surface area (Å²) in [7, 11) is 8.75. The highest BCUT2D eigenvalue weighted by Crippen LogP contribution is 2.32. The first-order chi connectivity index (χ1) is 39.9. The van der Waals surface area contributed by atoms with Crippen LogP contribution in [0, 0.1) is 17.8 Å². The summed E-state index contributed by atoms with van der Waals surface area (Å²) >= 11 is 1.07. The third-order valence-corrected chi connectivity index (χ3v) is 15.9. The molecule has 1 aromatic heterocycles. The van der Waals surface area contributed by atoms with Crippen molar-refractivity contribution in [2.75, 3.05) is 66.7 Å². The van der Waals surface area contributed by atoms with Gasteiger partial charge in [-0.2, -0.15) is 0 Å². The fraction of sp³-hybridized carbons (Fsp3) is 0.627. The van der Waals surface area contributed by atoms with Gasteiger partial charge in [-0.25, -0.2) is 4.98 Å². The zero-order chi connectivity index (χ0) is 63.9. The lowest BCUT2D eigenvalue weighted by Crippen LogP contribution is -2.60. The lowest BCUT2D eigenvalue weighted by molar-refractivity contribution is -0.149. The van der Waals surface area contributed by atoms with Gasteiger partial charge in [-0.15, -0.1) is 11.3 Å². The Bertz CT molecular complexity index is 2680. The third kappa shape index (κ3) is 23.6. The van der Waals surface area contributed by atoms with Crippen molar-refractivity contribution in [2.45, 2.75) is 162 Å². The zero-order valence-corrected chi connectivity index (χ0v) is 52.4. The number of imide groups is 1. The monoisotopic (exact) mass is 1210 g/mol. The van der Waals surface area contributed by atoms with Crippen LogP contribution in [0.2, 0.25) is 0 Å². The number of phenolic OH excluding ortho intramolecular Hbond substituents is 1. The number of unbranched alkanes of at least 4 members (excludes halogenated alkanes) is 1. The number of aromatic hydroxyl groups is 1.